The molecule has 102 valence electrons. The topological polar surface area (TPSA) is 77.2 Å². The number of aryl methyl sites for hydroxylation is 1. The Morgan fingerprint density at radius 2 is 2.32 bits per heavy atom. The quantitative estimate of drug-likeness (QED) is 0.484. The van der Waals surface area contributed by atoms with Gasteiger partial charge in [0, 0.05) is 25.1 Å². The Hall–Kier alpha value is -2.29. The molecule has 1 N–H and O–H groups in total. The van der Waals surface area contributed by atoms with Crippen LogP contribution in [0, 0.1) is 22.5 Å². The van der Waals surface area contributed by atoms with Gasteiger partial charge in [-0.05, 0) is 13.3 Å². The Labute approximate surface area is 111 Å². The summed E-state index contributed by atoms with van der Waals surface area (Å²) >= 11 is 0. The van der Waals surface area contributed by atoms with Gasteiger partial charge in [0.2, 0.25) is 0 Å². The van der Waals surface area contributed by atoms with Gasteiger partial charge < -0.3 is 9.88 Å². The number of amides is 1. The van der Waals surface area contributed by atoms with Gasteiger partial charge in [0.05, 0.1) is 11.1 Å². The van der Waals surface area contributed by atoms with Crippen LogP contribution in [0.2, 0.25) is 0 Å². The number of hydrogen-bond donors (Lipinski definition) is 1. The van der Waals surface area contributed by atoms with Crippen molar-refractivity contribution in [2.24, 2.45) is 0 Å². The molecule has 6 heteroatoms. The lowest BCUT2D eigenvalue weighted by Gasteiger charge is -2.14. The van der Waals surface area contributed by atoms with Crippen LogP contribution >= 0.6 is 0 Å². The van der Waals surface area contributed by atoms with E-state index in [0.717, 1.165) is 0 Å². The molecule has 6 nitrogen and oxygen atoms in total. The smallest absolute Gasteiger partial charge is 0.287 e. The van der Waals surface area contributed by atoms with E-state index in [4.69, 9.17) is 6.42 Å². The molecule has 0 radical (unpaired) electrons. The lowest BCUT2D eigenvalue weighted by molar-refractivity contribution is -0.384. The largest absolute Gasteiger partial charge is 0.347 e. The summed E-state index contributed by atoms with van der Waals surface area (Å²) in [6.45, 7) is 4.23. The lowest BCUT2D eigenvalue weighted by Crippen LogP contribution is -2.35. The molecule has 0 aromatic carbocycles. The van der Waals surface area contributed by atoms with Crippen LogP contribution in [0.15, 0.2) is 12.3 Å². The molecule has 0 saturated carbocycles. The predicted octanol–water partition coefficient (Wildman–Crippen LogP) is 1.95. The van der Waals surface area contributed by atoms with E-state index in [1.165, 1.54) is 12.3 Å². The van der Waals surface area contributed by atoms with Crippen molar-refractivity contribution >= 4 is 11.6 Å². The zero-order chi connectivity index (χ0) is 14.4. The standard InChI is InChI=1S/C13H17N3O3/c1-4-7-10(5-2)14-13(17)12-8-11(16(18)19)9-15(12)6-3/h1,8-10H,5-7H2,2-3H3,(H,14,17). The van der Waals surface area contributed by atoms with Gasteiger partial charge in [-0.3, -0.25) is 14.9 Å². The third kappa shape index (κ3) is 3.58. The van der Waals surface area contributed by atoms with E-state index in [-0.39, 0.29) is 23.3 Å². The van der Waals surface area contributed by atoms with Gasteiger partial charge in [-0.15, -0.1) is 12.3 Å². The first-order valence-corrected chi connectivity index (χ1v) is 6.12. The summed E-state index contributed by atoms with van der Waals surface area (Å²) in [5.74, 6) is 2.16. The first-order valence-electron chi connectivity index (χ1n) is 6.12. The average molecular weight is 263 g/mol. The monoisotopic (exact) mass is 263 g/mol. The van der Waals surface area contributed by atoms with Crippen molar-refractivity contribution in [1.29, 1.82) is 0 Å². The molecule has 1 rings (SSSR count). The highest BCUT2D eigenvalue weighted by Gasteiger charge is 2.20. The minimum absolute atomic E-state index is 0.0861. The van der Waals surface area contributed by atoms with Crippen LogP contribution in [0.1, 0.15) is 37.2 Å². The maximum absolute atomic E-state index is 12.1. The van der Waals surface area contributed by atoms with Gasteiger partial charge in [0.25, 0.3) is 11.6 Å². The normalized spacial score (nSPS) is 11.6. The van der Waals surface area contributed by atoms with Crippen molar-refractivity contribution in [2.75, 3.05) is 0 Å². The molecule has 1 unspecified atom stereocenters. The summed E-state index contributed by atoms with van der Waals surface area (Å²) in [6.07, 6.45) is 7.74. The highest BCUT2D eigenvalue weighted by Crippen LogP contribution is 2.16. The first-order chi connectivity index (χ1) is 9.03. The highest BCUT2D eigenvalue weighted by molar-refractivity contribution is 5.93. The summed E-state index contributed by atoms with van der Waals surface area (Å²) in [4.78, 5) is 22.3. The van der Waals surface area contributed by atoms with E-state index in [1.807, 2.05) is 13.8 Å². The molecular weight excluding hydrogens is 246 g/mol. The Bertz CT molecular complexity index is 514. The molecule has 1 amide bonds. The summed E-state index contributed by atoms with van der Waals surface area (Å²) < 4.78 is 1.55. The van der Waals surface area contributed by atoms with Crippen molar-refractivity contribution in [3.05, 3.63) is 28.1 Å². The second-order valence-electron chi connectivity index (χ2n) is 4.11. The van der Waals surface area contributed by atoms with E-state index in [2.05, 4.69) is 11.2 Å². The molecule has 19 heavy (non-hydrogen) atoms. The van der Waals surface area contributed by atoms with Gasteiger partial charge in [-0.2, -0.15) is 0 Å². The first kappa shape index (κ1) is 14.8. The fourth-order valence-corrected chi connectivity index (χ4v) is 1.75. The molecule has 0 spiro atoms. The van der Waals surface area contributed by atoms with Crippen LogP contribution in [-0.4, -0.2) is 21.4 Å². The molecule has 1 heterocycles. The number of aromatic nitrogens is 1. The molecule has 1 aromatic heterocycles. The molecule has 0 aliphatic carbocycles. The number of carbonyl (C=O) groups excluding carboxylic acids is 1. The zero-order valence-electron chi connectivity index (χ0n) is 11.0. The molecule has 0 aliphatic heterocycles. The minimum Gasteiger partial charge on any atom is -0.347 e. The number of carbonyl (C=O) groups is 1. The molecular formula is C13H17N3O3. The van der Waals surface area contributed by atoms with Crippen molar-refractivity contribution in [3.8, 4) is 12.3 Å². The van der Waals surface area contributed by atoms with Crippen molar-refractivity contribution in [1.82, 2.24) is 9.88 Å². The summed E-state index contributed by atoms with van der Waals surface area (Å²) in [5.41, 5.74) is 0.196. The van der Waals surface area contributed by atoms with E-state index < -0.39 is 4.92 Å². The third-order valence-electron chi connectivity index (χ3n) is 2.86. The minimum atomic E-state index is -0.512. The van der Waals surface area contributed by atoms with E-state index in [9.17, 15) is 14.9 Å². The zero-order valence-corrected chi connectivity index (χ0v) is 11.0. The molecule has 0 bridgehead atoms. The Morgan fingerprint density at radius 1 is 1.63 bits per heavy atom. The van der Waals surface area contributed by atoms with Crippen LogP contribution in [0.25, 0.3) is 0 Å². The third-order valence-corrected chi connectivity index (χ3v) is 2.86. The number of terminal acetylenes is 1. The molecule has 0 aliphatic rings. The molecule has 1 atom stereocenters. The lowest BCUT2D eigenvalue weighted by atomic mass is 10.1. The summed E-state index contributed by atoms with van der Waals surface area (Å²) in [7, 11) is 0. The van der Waals surface area contributed by atoms with E-state index in [0.29, 0.717) is 19.4 Å². The van der Waals surface area contributed by atoms with Crippen LogP contribution in [0.5, 0.6) is 0 Å². The van der Waals surface area contributed by atoms with Crippen LogP contribution < -0.4 is 5.32 Å². The Balaban J connectivity index is 2.92. The fraction of sp³-hybridized carbons (Fsp3) is 0.462. The highest BCUT2D eigenvalue weighted by atomic mass is 16.6. The molecule has 0 saturated heterocycles. The summed E-state index contributed by atoms with van der Waals surface area (Å²) in [5, 5.41) is 13.5. The van der Waals surface area contributed by atoms with E-state index >= 15 is 0 Å². The van der Waals surface area contributed by atoms with Crippen LogP contribution in [-0.2, 0) is 6.54 Å². The number of rotatable bonds is 6. The maximum atomic E-state index is 12.1. The fourth-order valence-electron chi connectivity index (χ4n) is 1.75. The van der Waals surface area contributed by atoms with Crippen molar-refractivity contribution in [3.63, 3.8) is 0 Å². The van der Waals surface area contributed by atoms with Crippen molar-refractivity contribution < 1.29 is 9.72 Å². The van der Waals surface area contributed by atoms with Crippen LogP contribution in [0.3, 0.4) is 0 Å². The van der Waals surface area contributed by atoms with Gasteiger partial charge in [-0.25, -0.2) is 0 Å². The number of hydrogen-bond acceptors (Lipinski definition) is 3. The van der Waals surface area contributed by atoms with Crippen LogP contribution in [0.4, 0.5) is 5.69 Å². The predicted molar refractivity (Wildman–Crippen MR) is 71.8 cm³/mol. The second-order valence-corrected chi connectivity index (χ2v) is 4.11. The summed E-state index contributed by atoms with van der Waals surface area (Å²) in [6, 6.07) is 1.17. The van der Waals surface area contributed by atoms with Crippen molar-refractivity contribution in [2.45, 2.75) is 39.3 Å². The van der Waals surface area contributed by atoms with Gasteiger partial charge in [0.15, 0.2) is 0 Å². The number of nitrogens with one attached hydrogen (secondary N) is 1. The maximum Gasteiger partial charge on any atom is 0.287 e. The van der Waals surface area contributed by atoms with Gasteiger partial charge in [-0.1, -0.05) is 6.92 Å². The SMILES string of the molecule is C#CCC(CC)NC(=O)c1cc([N+](=O)[O-])cn1CC. The number of nitrogens with zero attached hydrogens (tertiary/aromatic N) is 2. The Morgan fingerprint density at radius 3 is 2.79 bits per heavy atom. The number of nitro groups is 1. The Kier molecular flexibility index (Phi) is 5.12. The van der Waals surface area contributed by atoms with Gasteiger partial charge >= 0.3 is 0 Å². The molecule has 0 fully saturated rings. The van der Waals surface area contributed by atoms with Gasteiger partial charge in [0.1, 0.15) is 5.69 Å². The molecule has 1 aromatic rings. The average Bonchev–Trinajstić information content (AvgIpc) is 2.82. The second kappa shape index (κ2) is 6.59. The van der Waals surface area contributed by atoms with E-state index in [1.54, 1.807) is 4.57 Å².